The first-order valence-electron chi connectivity index (χ1n) is 10.6. The lowest BCUT2D eigenvalue weighted by molar-refractivity contribution is 0.255. The van der Waals surface area contributed by atoms with E-state index < -0.39 is 0 Å². The van der Waals surface area contributed by atoms with Crippen molar-refractivity contribution < 1.29 is 4.74 Å². The number of fused-ring (bicyclic) bond motifs is 4. The average molecular weight is 406 g/mol. The van der Waals surface area contributed by atoms with Gasteiger partial charge in [-0.25, -0.2) is 0 Å². The van der Waals surface area contributed by atoms with Crippen LogP contribution in [0.2, 0.25) is 0 Å². The Kier molecular flexibility index (Phi) is 4.39. The van der Waals surface area contributed by atoms with Crippen molar-refractivity contribution in [2.75, 3.05) is 6.61 Å². The molecule has 5 aromatic rings. The third-order valence-corrected chi connectivity index (χ3v) is 6.06. The molecule has 0 amide bonds. The second kappa shape index (κ2) is 7.52. The van der Waals surface area contributed by atoms with E-state index in [0.29, 0.717) is 6.61 Å². The summed E-state index contributed by atoms with van der Waals surface area (Å²) >= 11 is 0. The zero-order valence-corrected chi connectivity index (χ0v) is 17.0. The van der Waals surface area contributed by atoms with Gasteiger partial charge in [-0.3, -0.25) is 9.97 Å². The number of rotatable bonds is 4. The van der Waals surface area contributed by atoms with Crippen molar-refractivity contribution in [2.45, 2.75) is 19.0 Å². The summed E-state index contributed by atoms with van der Waals surface area (Å²) < 4.78 is 6.15. The Labute approximate surface area is 180 Å². The maximum absolute atomic E-state index is 6.15. The summed E-state index contributed by atoms with van der Waals surface area (Å²) in [5.74, 6) is 0.791. The minimum atomic E-state index is 0.267. The van der Waals surface area contributed by atoms with Crippen LogP contribution in [0.1, 0.15) is 11.3 Å². The number of hydrogen-bond donors (Lipinski definition) is 2. The van der Waals surface area contributed by atoms with Gasteiger partial charge in [0.1, 0.15) is 12.4 Å². The molecule has 31 heavy (non-hydrogen) atoms. The zero-order chi connectivity index (χ0) is 20.6. The van der Waals surface area contributed by atoms with Gasteiger partial charge in [0.15, 0.2) is 0 Å². The monoisotopic (exact) mass is 406 g/mol. The van der Waals surface area contributed by atoms with Gasteiger partial charge in [0.2, 0.25) is 0 Å². The Hall–Kier alpha value is -3.70. The lowest BCUT2D eigenvalue weighted by Crippen LogP contribution is -2.39. The predicted molar refractivity (Wildman–Crippen MR) is 123 cm³/mol. The molecule has 3 aromatic heterocycles. The molecule has 0 fully saturated rings. The molecule has 0 spiro atoms. The lowest BCUT2D eigenvalue weighted by Gasteiger charge is -2.24. The SMILES string of the molecule is c1ccc2c3c([nH]c2c1)CNC(COc1cncc(-c2ccc4cnccc4c2)c1)C3. The highest BCUT2D eigenvalue weighted by Gasteiger charge is 2.22. The van der Waals surface area contributed by atoms with Gasteiger partial charge in [0.25, 0.3) is 0 Å². The van der Waals surface area contributed by atoms with E-state index in [0.717, 1.165) is 35.2 Å². The van der Waals surface area contributed by atoms with Crippen LogP contribution in [-0.4, -0.2) is 27.6 Å². The van der Waals surface area contributed by atoms with Gasteiger partial charge < -0.3 is 15.0 Å². The number of H-pyrrole nitrogens is 1. The number of nitrogens with zero attached hydrogens (tertiary/aromatic N) is 2. The van der Waals surface area contributed by atoms with Crippen LogP contribution in [0.3, 0.4) is 0 Å². The molecule has 0 bridgehead atoms. The highest BCUT2D eigenvalue weighted by Crippen LogP contribution is 2.28. The van der Waals surface area contributed by atoms with E-state index in [1.54, 1.807) is 6.20 Å². The number of aromatic amines is 1. The van der Waals surface area contributed by atoms with Crippen molar-refractivity contribution >= 4 is 21.7 Å². The zero-order valence-electron chi connectivity index (χ0n) is 17.0. The van der Waals surface area contributed by atoms with E-state index >= 15 is 0 Å². The summed E-state index contributed by atoms with van der Waals surface area (Å²) in [5, 5.41) is 7.21. The van der Waals surface area contributed by atoms with Gasteiger partial charge in [-0.2, -0.15) is 0 Å². The first-order chi connectivity index (χ1) is 15.3. The Morgan fingerprint density at radius 1 is 0.903 bits per heavy atom. The molecular formula is C26H22N4O. The predicted octanol–water partition coefficient (Wildman–Crippen LogP) is 4.87. The number of benzene rings is 2. The normalized spacial score (nSPS) is 15.8. The fourth-order valence-corrected chi connectivity index (χ4v) is 4.44. The molecule has 2 N–H and O–H groups in total. The van der Waals surface area contributed by atoms with Crippen molar-refractivity contribution in [3.05, 3.63) is 90.6 Å². The van der Waals surface area contributed by atoms with E-state index in [1.165, 1.54) is 27.5 Å². The van der Waals surface area contributed by atoms with E-state index in [-0.39, 0.29) is 6.04 Å². The Bertz CT molecular complexity index is 1390. The van der Waals surface area contributed by atoms with E-state index in [2.05, 4.69) is 68.8 Å². The van der Waals surface area contributed by atoms with Gasteiger partial charge in [-0.05, 0) is 47.2 Å². The molecule has 1 aliphatic rings. The largest absolute Gasteiger partial charge is 0.490 e. The van der Waals surface area contributed by atoms with Gasteiger partial charge in [0.05, 0.1) is 6.20 Å². The van der Waals surface area contributed by atoms with Crippen LogP contribution >= 0.6 is 0 Å². The molecule has 1 unspecified atom stereocenters. The minimum absolute atomic E-state index is 0.267. The van der Waals surface area contributed by atoms with E-state index in [4.69, 9.17) is 4.74 Å². The van der Waals surface area contributed by atoms with E-state index in [1.807, 2.05) is 24.7 Å². The van der Waals surface area contributed by atoms with Gasteiger partial charge in [-0.1, -0.05) is 30.3 Å². The first kappa shape index (κ1) is 18.1. The number of pyridine rings is 2. The number of hydrogen-bond acceptors (Lipinski definition) is 4. The van der Waals surface area contributed by atoms with Crippen LogP contribution in [0.25, 0.3) is 32.8 Å². The summed E-state index contributed by atoms with van der Waals surface area (Å²) in [7, 11) is 0. The maximum Gasteiger partial charge on any atom is 0.138 e. The highest BCUT2D eigenvalue weighted by molar-refractivity contribution is 5.86. The molecule has 6 rings (SSSR count). The van der Waals surface area contributed by atoms with Crippen LogP contribution < -0.4 is 10.1 Å². The number of aromatic nitrogens is 3. The van der Waals surface area contributed by atoms with Crippen molar-refractivity contribution in [1.29, 1.82) is 0 Å². The lowest BCUT2D eigenvalue weighted by atomic mass is 9.99. The van der Waals surface area contributed by atoms with Crippen LogP contribution in [0, 0.1) is 0 Å². The molecule has 0 saturated carbocycles. The standard InChI is InChI=1S/C26H22N4O/c1-2-4-25-23(3-1)24-11-21(29-15-26(24)30-25)16-31-22-10-20(13-28-14-22)17-5-6-19-12-27-8-7-18(19)9-17/h1-10,12-14,21,29-30H,11,15-16H2. The third kappa shape index (κ3) is 3.43. The quantitative estimate of drug-likeness (QED) is 0.447. The number of nitrogens with one attached hydrogen (secondary N) is 2. The molecule has 1 atom stereocenters. The summed E-state index contributed by atoms with van der Waals surface area (Å²) in [5.41, 5.74) is 6.06. The van der Waals surface area contributed by atoms with Crippen LogP contribution in [-0.2, 0) is 13.0 Å². The average Bonchev–Trinajstić information content (AvgIpc) is 3.21. The summed E-state index contributed by atoms with van der Waals surface area (Å²) in [6, 6.07) is 19.2. The highest BCUT2D eigenvalue weighted by atomic mass is 16.5. The van der Waals surface area contributed by atoms with Gasteiger partial charge in [-0.15, -0.1) is 0 Å². The molecule has 4 heterocycles. The first-order valence-corrected chi connectivity index (χ1v) is 10.6. The van der Waals surface area contributed by atoms with Crippen molar-refractivity contribution in [3.8, 4) is 16.9 Å². The van der Waals surface area contributed by atoms with Crippen LogP contribution in [0.5, 0.6) is 5.75 Å². The Morgan fingerprint density at radius 2 is 1.87 bits per heavy atom. The van der Waals surface area contributed by atoms with Crippen molar-refractivity contribution in [2.24, 2.45) is 0 Å². The maximum atomic E-state index is 6.15. The molecule has 0 radical (unpaired) electrons. The fourth-order valence-electron chi connectivity index (χ4n) is 4.44. The minimum Gasteiger partial charge on any atom is -0.490 e. The Morgan fingerprint density at radius 3 is 2.87 bits per heavy atom. The topological polar surface area (TPSA) is 62.8 Å². The molecule has 0 aliphatic carbocycles. The summed E-state index contributed by atoms with van der Waals surface area (Å²) in [6.45, 7) is 1.44. The fraction of sp³-hybridized carbons (Fsp3) is 0.154. The van der Waals surface area contributed by atoms with Gasteiger partial charge >= 0.3 is 0 Å². The van der Waals surface area contributed by atoms with Gasteiger partial charge in [0, 0.05) is 58.7 Å². The Balaban J connectivity index is 1.19. The molecule has 0 saturated heterocycles. The summed E-state index contributed by atoms with van der Waals surface area (Å²) in [6.07, 6.45) is 8.32. The second-order valence-electron chi connectivity index (χ2n) is 8.07. The third-order valence-electron chi connectivity index (χ3n) is 6.06. The molecule has 5 heteroatoms. The summed E-state index contributed by atoms with van der Waals surface area (Å²) in [4.78, 5) is 12.1. The molecule has 5 nitrogen and oxygen atoms in total. The molecular weight excluding hydrogens is 384 g/mol. The van der Waals surface area contributed by atoms with Crippen LogP contribution in [0.15, 0.2) is 79.4 Å². The van der Waals surface area contributed by atoms with Crippen molar-refractivity contribution in [1.82, 2.24) is 20.3 Å². The molecule has 1 aliphatic heterocycles. The second-order valence-corrected chi connectivity index (χ2v) is 8.07. The van der Waals surface area contributed by atoms with Crippen molar-refractivity contribution in [3.63, 3.8) is 0 Å². The number of ether oxygens (including phenoxy) is 1. The smallest absolute Gasteiger partial charge is 0.138 e. The van der Waals surface area contributed by atoms with Crippen LogP contribution in [0.4, 0.5) is 0 Å². The molecule has 152 valence electrons. The number of para-hydroxylation sites is 1. The van der Waals surface area contributed by atoms with E-state index in [9.17, 15) is 0 Å². The molecule has 2 aromatic carbocycles.